The third-order valence-electron chi connectivity index (χ3n) is 5.95. The van der Waals surface area contributed by atoms with E-state index >= 15 is 0 Å². The Morgan fingerprint density at radius 3 is 2.65 bits per heavy atom. The van der Waals surface area contributed by atoms with Gasteiger partial charge in [0, 0.05) is 29.9 Å². The molecule has 1 heterocycles. The molecule has 0 saturated heterocycles. The summed E-state index contributed by atoms with van der Waals surface area (Å²) in [5, 5.41) is 4.84. The van der Waals surface area contributed by atoms with Gasteiger partial charge in [0.15, 0.2) is 0 Å². The van der Waals surface area contributed by atoms with Crippen molar-refractivity contribution in [1.82, 2.24) is 4.90 Å². The molecule has 2 aromatic carbocycles. The highest BCUT2D eigenvalue weighted by atomic mass is 32.2. The number of ether oxygens (including phenoxy) is 1. The van der Waals surface area contributed by atoms with Crippen LogP contribution in [-0.4, -0.2) is 48.4 Å². The Bertz CT molecular complexity index is 1090. The molecule has 3 aromatic rings. The first kappa shape index (κ1) is 21.6. The maximum absolute atomic E-state index is 12.5. The van der Waals surface area contributed by atoms with Crippen molar-refractivity contribution < 1.29 is 18.7 Å². The fourth-order valence-electron chi connectivity index (χ4n) is 4.21. The Kier molecular flexibility index (Phi) is 6.70. The maximum Gasteiger partial charge on any atom is 0.234 e. The van der Waals surface area contributed by atoms with Gasteiger partial charge in [-0.05, 0) is 25.0 Å². The molecule has 0 atom stereocenters. The number of furan rings is 1. The highest BCUT2D eigenvalue weighted by Gasteiger charge is 2.22. The van der Waals surface area contributed by atoms with Gasteiger partial charge in [0.2, 0.25) is 11.8 Å². The fourth-order valence-corrected chi connectivity index (χ4v) is 4.95. The molecule has 0 radical (unpaired) electrons. The van der Waals surface area contributed by atoms with Gasteiger partial charge in [0.05, 0.1) is 24.3 Å². The largest absolute Gasteiger partial charge is 0.495 e. The number of rotatable bonds is 7. The van der Waals surface area contributed by atoms with Crippen LogP contribution in [0.4, 0.5) is 5.69 Å². The quantitative estimate of drug-likeness (QED) is 0.556. The Morgan fingerprint density at radius 1 is 1.10 bits per heavy atom. The minimum absolute atomic E-state index is 0.0889. The number of carbonyl (C=O) groups excluding carboxylic acids is 2. The van der Waals surface area contributed by atoms with Gasteiger partial charge in [-0.15, -0.1) is 11.8 Å². The molecule has 0 unspecified atom stereocenters. The number of carbonyl (C=O) groups is 2. The zero-order valence-corrected chi connectivity index (χ0v) is 18.8. The van der Waals surface area contributed by atoms with Crippen molar-refractivity contribution >= 4 is 51.2 Å². The fraction of sp³-hybridized carbons (Fsp3) is 0.417. The lowest BCUT2D eigenvalue weighted by atomic mass is 9.94. The third-order valence-corrected chi connectivity index (χ3v) is 6.86. The number of benzene rings is 2. The second-order valence-corrected chi connectivity index (χ2v) is 8.97. The van der Waals surface area contributed by atoms with E-state index < -0.39 is 0 Å². The summed E-state index contributed by atoms with van der Waals surface area (Å²) >= 11 is 1.33. The Hall–Kier alpha value is -2.67. The van der Waals surface area contributed by atoms with Crippen LogP contribution in [0.25, 0.3) is 21.9 Å². The minimum atomic E-state index is -0.174. The van der Waals surface area contributed by atoms with E-state index in [4.69, 9.17) is 9.15 Å². The maximum atomic E-state index is 12.5. The molecule has 1 fully saturated rings. The first-order valence-corrected chi connectivity index (χ1v) is 11.8. The number of methoxy groups -OCH3 is 1. The van der Waals surface area contributed by atoms with Crippen LogP contribution in [0.5, 0.6) is 5.75 Å². The lowest BCUT2D eigenvalue weighted by molar-refractivity contribution is -0.129. The second kappa shape index (κ2) is 9.64. The van der Waals surface area contributed by atoms with E-state index in [1.165, 1.54) is 31.0 Å². The number of hydrogen-bond donors (Lipinski definition) is 1. The van der Waals surface area contributed by atoms with Crippen LogP contribution in [0, 0.1) is 0 Å². The van der Waals surface area contributed by atoms with Crippen LogP contribution >= 0.6 is 11.8 Å². The molecule has 6 nitrogen and oxygen atoms in total. The van der Waals surface area contributed by atoms with Crippen LogP contribution in [0.15, 0.2) is 40.8 Å². The highest BCUT2D eigenvalue weighted by molar-refractivity contribution is 8.00. The summed E-state index contributed by atoms with van der Waals surface area (Å²) in [6.45, 7) is 0. The summed E-state index contributed by atoms with van der Waals surface area (Å²) in [4.78, 5) is 26.8. The molecular weight excluding hydrogens is 412 g/mol. The minimum Gasteiger partial charge on any atom is -0.495 e. The van der Waals surface area contributed by atoms with Crippen molar-refractivity contribution in [2.75, 3.05) is 31.0 Å². The lowest BCUT2D eigenvalue weighted by Gasteiger charge is -2.31. The molecule has 1 aliphatic carbocycles. The Balaban J connectivity index is 1.36. The first-order chi connectivity index (χ1) is 15.1. The molecule has 1 aliphatic rings. The van der Waals surface area contributed by atoms with Crippen LogP contribution in [0.1, 0.15) is 32.1 Å². The third kappa shape index (κ3) is 4.82. The van der Waals surface area contributed by atoms with Gasteiger partial charge in [-0.1, -0.05) is 37.5 Å². The van der Waals surface area contributed by atoms with Crippen LogP contribution < -0.4 is 10.1 Å². The number of hydrogen-bond acceptors (Lipinski definition) is 5. The summed E-state index contributed by atoms with van der Waals surface area (Å²) in [6, 6.07) is 11.8. The average Bonchev–Trinajstić information content (AvgIpc) is 3.15. The van der Waals surface area contributed by atoms with Crippen molar-refractivity contribution in [1.29, 1.82) is 0 Å². The molecule has 0 aliphatic heterocycles. The molecule has 31 heavy (non-hydrogen) atoms. The number of para-hydroxylation sites is 1. The van der Waals surface area contributed by atoms with Crippen molar-refractivity contribution in [3.05, 3.63) is 36.4 Å². The lowest BCUT2D eigenvalue weighted by Crippen LogP contribution is -2.39. The molecule has 2 amide bonds. The summed E-state index contributed by atoms with van der Waals surface area (Å²) < 4.78 is 11.4. The number of nitrogens with zero attached hydrogens (tertiary/aromatic N) is 1. The van der Waals surface area contributed by atoms with Gasteiger partial charge in [0.25, 0.3) is 0 Å². The number of fused-ring (bicyclic) bond motifs is 3. The number of thioether (sulfide) groups is 1. The zero-order chi connectivity index (χ0) is 21.8. The van der Waals surface area contributed by atoms with E-state index in [2.05, 4.69) is 5.32 Å². The first-order valence-electron chi connectivity index (χ1n) is 10.7. The molecule has 1 aromatic heterocycles. The van der Waals surface area contributed by atoms with Gasteiger partial charge < -0.3 is 19.4 Å². The molecular formula is C24H28N2O4S. The Morgan fingerprint density at radius 2 is 1.87 bits per heavy atom. The normalized spacial score (nSPS) is 14.6. The van der Waals surface area contributed by atoms with E-state index in [-0.39, 0.29) is 17.6 Å². The number of nitrogens with one attached hydrogen (secondary N) is 1. The van der Waals surface area contributed by atoms with E-state index in [0.717, 1.165) is 29.2 Å². The standard InChI is InChI=1S/C24H28N2O4S/c1-26(16-8-4-3-5-9-16)24(28)15-31-14-23(27)25-19-13-21-18(12-22(19)29-2)17-10-6-7-11-20(17)30-21/h6-7,10-13,16H,3-5,8-9,14-15H2,1-2H3,(H,25,27). The van der Waals surface area contributed by atoms with Crippen LogP contribution in [-0.2, 0) is 9.59 Å². The summed E-state index contributed by atoms with van der Waals surface area (Å²) in [5.41, 5.74) is 2.04. The van der Waals surface area contributed by atoms with Gasteiger partial charge >= 0.3 is 0 Å². The second-order valence-electron chi connectivity index (χ2n) is 7.98. The molecule has 1 N–H and O–H groups in total. The monoisotopic (exact) mass is 440 g/mol. The molecule has 1 saturated carbocycles. The summed E-state index contributed by atoms with van der Waals surface area (Å²) in [6.07, 6.45) is 5.80. The molecule has 7 heteroatoms. The number of anilines is 1. The molecule has 0 bridgehead atoms. The smallest absolute Gasteiger partial charge is 0.234 e. The van der Waals surface area contributed by atoms with Crippen LogP contribution in [0.3, 0.4) is 0 Å². The highest BCUT2D eigenvalue weighted by Crippen LogP contribution is 2.36. The molecule has 164 valence electrons. The van der Waals surface area contributed by atoms with Crippen molar-refractivity contribution in [3.8, 4) is 5.75 Å². The zero-order valence-electron chi connectivity index (χ0n) is 18.0. The average molecular weight is 441 g/mol. The SMILES string of the molecule is COc1cc2c(cc1NC(=O)CSCC(=O)N(C)C1CCCCC1)oc1ccccc12. The van der Waals surface area contributed by atoms with Crippen LogP contribution in [0.2, 0.25) is 0 Å². The molecule has 0 spiro atoms. The Labute approximate surface area is 186 Å². The van der Waals surface area contributed by atoms with E-state index in [9.17, 15) is 9.59 Å². The molecule has 4 rings (SSSR count). The van der Waals surface area contributed by atoms with Gasteiger partial charge in [-0.2, -0.15) is 0 Å². The number of amides is 2. The predicted octanol–water partition coefficient (Wildman–Crippen LogP) is 5.06. The van der Waals surface area contributed by atoms with E-state index in [1.807, 2.05) is 42.3 Å². The van der Waals surface area contributed by atoms with Gasteiger partial charge in [0.1, 0.15) is 16.9 Å². The topological polar surface area (TPSA) is 71.8 Å². The van der Waals surface area contributed by atoms with Crippen molar-refractivity contribution in [2.24, 2.45) is 0 Å². The summed E-state index contributed by atoms with van der Waals surface area (Å²) in [5.74, 6) is 0.995. The van der Waals surface area contributed by atoms with E-state index in [1.54, 1.807) is 13.2 Å². The van der Waals surface area contributed by atoms with E-state index in [0.29, 0.717) is 28.8 Å². The van der Waals surface area contributed by atoms with Crippen molar-refractivity contribution in [3.63, 3.8) is 0 Å². The van der Waals surface area contributed by atoms with Gasteiger partial charge in [-0.25, -0.2) is 0 Å². The summed E-state index contributed by atoms with van der Waals surface area (Å²) in [7, 11) is 3.46. The van der Waals surface area contributed by atoms with Crippen molar-refractivity contribution in [2.45, 2.75) is 38.1 Å². The van der Waals surface area contributed by atoms with Gasteiger partial charge in [-0.3, -0.25) is 9.59 Å². The predicted molar refractivity (Wildman–Crippen MR) is 126 cm³/mol.